The summed E-state index contributed by atoms with van der Waals surface area (Å²) in [5, 5.41) is 10.1. The number of aromatic nitrogens is 1. The molecule has 0 radical (unpaired) electrons. The molecular weight excluding hydrogens is 398 g/mol. The van der Waals surface area contributed by atoms with Crippen LogP contribution in [-0.2, 0) is 11.2 Å². The summed E-state index contributed by atoms with van der Waals surface area (Å²) < 4.78 is 2.11. The molecule has 32 heavy (non-hydrogen) atoms. The maximum atomic E-state index is 13.5. The number of piperidine rings is 1. The van der Waals surface area contributed by atoms with Gasteiger partial charge in [0.05, 0.1) is 23.7 Å². The molecule has 3 aromatic rings. The molecule has 0 unspecified atom stereocenters. The number of nitriles is 1. The highest BCUT2D eigenvalue weighted by atomic mass is 16.1. The lowest BCUT2D eigenvalue weighted by molar-refractivity contribution is -0.116. The Bertz CT molecular complexity index is 1190. The summed E-state index contributed by atoms with van der Waals surface area (Å²) in [6.45, 7) is 6.01. The van der Waals surface area contributed by atoms with Gasteiger partial charge in [-0.15, -0.1) is 0 Å². The molecule has 1 aliphatic heterocycles. The summed E-state index contributed by atoms with van der Waals surface area (Å²) in [6.07, 6.45) is 4.73. The number of hydrogen-bond acceptors (Lipinski definition) is 4. The maximum Gasteiger partial charge on any atom is 0.179 e. The standard InChI is InChI=1S/C27H29N3O2/c1-19(31)6-7-21-10-13-24-25(16-21)30(23-11-8-22(17-28)9-12-23)20(2)27(24)26(32)18-29-14-4-3-5-15-29/h8-13,16H,3-7,14-15,18H2,1-2H3. The maximum absolute atomic E-state index is 13.5. The molecule has 0 saturated carbocycles. The van der Waals surface area contributed by atoms with Crippen LogP contribution in [0.4, 0.5) is 0 Å². The minimum atomic E-state index is 0.151. The molecule has 4 rings (SSSR count). The fourth-order valence-electron chi connectivity index (χ4n) is 4.71. The first-order chi connectivity index (χ1) is 15.5. The number of carbonyl (C=O) groups excluding carboxylic acids is 2. The van der Waals surface area contributed by atoms with E-state index in [2.05, 4.69) is 21.6 Å². The molecule has 0 bridgehead atoms. The fourth-order valence-corrected chi connectivity index (χ4v) is 4.71. The predicted molar refractivity (Wildman–Crippen MR) is 126 cm³/mol. The van der Waals surface area contributed by atoms with Crippen LogP contribution in [0.3, 0.4) is 0 Å². The van der Waals surface area contributed by atoms with Crippen molar-refractivity contribution in [1.29, 1.82) is 5.26 Å². The topological polar surface area (TPSA) is 66.1 Å². The number of carbonyl (C=O) groups is 2. The van der Waals surface area contributed by atoms with E-state index < -0.39 is 0 Å². The minimum Gasteiger partial charge on any atom is -0.313 e. The van der Waals surface area contributed by atoms with Gasteiger partial charge in [-0.25, -0.2) is 0 Å². The van der Waals surface area contributed by atoms with Crippen LogP contribution >= 0.6 is 0 Å². The Morgan fingerprint density at radius 1 is 1.03 bits per heavy atom. The number of Topliss-reactive ketones (excluding diaryl/α,β-unsaturated/α-hetero) is 2. The number of ketones is 2. The van der Waals surface area contributed by atoms with E-state index in [0.29, 0.717) is 24.9 Å². The third-order valence-corrected chi connectivity index (χ3v) is 6.38. The number of rotatable bonds is 7. The molecule has 5 nitrogen and oxygen atoms in total. The lowest BCUT2D eigenvalue weighted by Crippen LogP contribution is -2.34. The molecule has 2 heterocycles. The van der Waals surface area contributed by atoms with Crippen LogP contribution in [0.1, 0.15) is 59.8 Å². The second-order valence-corrected chi connectivity index (χ2v) is 8.77. The van der Waals surface area contributed by atoms with Crippen molar-refractivity contribution in [2.75, 3.05) is 19.6 Å². The van der Waals surface area contributed by atoms with Gasteiger partial charge in [-0.05, 0) is 82.1 Å². The van der Waals surface area contributed by atoms with Gasteiger partial charge < -0.3 is 9.36 Å². The molecule has 0 spiro atoms. The van der Waals surface area contributed by atoms with Gasteiger partial charge in [0.1, 0.15) is 5.78 Å². The monoisotopic (exact) mass is 427 g/mol. The van der Waals surface area contributed by atoms with E-state index in [1.54, 1.807) is 19.1 Å². The van der Waals surface area contributed by atoms with Crippen molar-refractivity contribution in [2.24, 2.45) is 0 Å². The molecule has 0 aliphatic carbocycles. The van der Waals surface area contributed by atoms with Crippen LogP contribution in [0.25, 0.3) is 16.6 Å². The number of nitrogens with zero attached hydrogens (tertiary/aromatic N) is 3. The quantitative estimate of drug-likeness (QED) is 0.498. The Kier molecular flexibility index (Phi) is 6.53. The van der Waals surface area contributed by atoms with Crippen molar-refractivity contribution in [3.63, 3.8) is 0 Å². The van der Waals surface area contributed by atoms with Gasteiger partial charge in [-0.2, -0.15) is 5.26 Å². The molecule has 0 atom stereocenters. The molecule has 1 saturated heterocycles. The lowest BCUT2D eigenvalue weighted by Gasteiger charge is -2.25. The van der Waals surface area contributed by atoms with Crippen LogP contribution < -0.4 is 0 Å². The molecule has 2 aromatic carbocycles. The zero-order valence-electron chi connectivity index (χ0n) is 18.9. The number of hydrogen-bond donors (Lipinski definition) is 0. The summed E-state index contributed by atoms with van der Waals surface area (Å²) in [6, 6.07) is 15.8. The second-order valence-electron chi connectivity index (χ2n) is 8.77. The van der Waals surface area contributed by atoms with E-state index in [0.717, 1.165) is 59.3 Å². The van der Waals surface area contributed by atoms with Crippen LogP contribution in [0, 0.1) is 18.3 Å². The Balaban J connectivity index is 1.80. The summed E-state index contributed by atoms with van der Waals surface area (Å²) in [7, 11) is 0. The third kappa shape index (κ3) is 4.51. The average molecular weight is 428 g/mol. The van der Waals surface area contributed by atoms with Crippen molar-refractivity contribution in [3.05, 3.63) is 64.8 Å². The molecule has 5 heteroatoms. The number of fused-ring (bicyclic) bond motifs is 1. The lowest BCUT2D eigenvalue weighted by atomic mass is 10.0. The average Bonchev–Trinajstić information content (AvgIpc) is 3.09. The number of benzene rings is 2. The largest absolute Gasteiger partial charge is 0.313 e. The van der Waals surface area contributed by atoms with E-state index in [1.807, 2.05) is 31.2 Å². The molecule has 1 aromatic heterocycles. The minimum absolute atomic E-state index is 0.151. The third-order valence-electron chi connectivity index (χ3n) is 6.38. The van der Waals surface area contributed by atoms with E-state index in [1.165, 1.54) is 6.42 Å². The highest BCUT2D eigenvalue weighted by Crippen LogP contribution is 2.31. The predicted octanol–water partition coefficient (Wildman–Crippen LogP) is 5.00. The molecule has 164 valence electrons. The van der Waals surface area contributed by atoms with Crippen molar-refractivity contribution in [2.45, 2.75) is 46.0 Å². The van der Waals surface area contributed by atoms with E-state index >= 15 is 0 Å². The molecule has 1 fully saturated rings. The van der Waals surface area contributed by atoms with E-state index in [9.17, 15) is 9.59 Å². The summed E-state index contributed by atoms with van der Waals surface area (Å²) in [4.78, 5) is 27.2. The van der Waals surface area contributed by atoms with Crippen molar-refractivity contribution in [1.82, 2.24) is 9.47 Å². The first-order valence-corrected chi connectivity index (χ1v) is 11.4. The van der Waals surface area contributed by atoms with Gasteiger partial charge in [0, 0.05) is 28.8 Å². The summed E-state index contributed by atoms with van der Waals surface area (Å²) in [5.74, 6) is 0.319. The number of aryl methyl sites for hydroxylation is 1. The van der Waals surface area contributed by atoms with E-state index in [4.69, 9.17) is 5.26 Å². The molecular formula is C27H29N3O2. The number of likely N-dealkylation sites (tertiary alicyclic amines) is 1. The summed E-state index contributed by atoms with van der Waals surface area (Å²) in [5.41, 5.74) is 5.26. The molecule has 0 amide bonds. The van der Waals surface area contributed by atoms with Crippen LogP contribution in [0.15, 0.2) is 42.5 Å². The Hall–Kier alpha value is -3.23. The zero-order valence-corrected chi connectivity index (χ0v) is 18.9. The van der Waals surface area contributed by atoms with Crippen LogP contribution in [0.5, 0.6) is 0 Å². The van der Waals surface area contributed by atoms with Gasteiger partial charge in [0.25, 0.3) is 0 Å². The fraction of sp³-hybridized carbons (Fsp3) is 0.370. The highest BCUT2D eigenvalue weighted by molar-refractivity contribution is 6.11. The first kappa shape index (κ1) is 22.0. The zero-order chi connectivity index (χ0) is 22.7. The second kappa shape index (κ2) is 9.50. The van der Waals surface area contributed by atoms with Gasteiger partial charge in [-0.1, -0.05) is 18.6 Å². The van der Waals surface area contributed by atoms with Crippen LogP contribution in [0.2, 0.25) is 0 Å². The van der Waals surface area contributed by atoms with Crippen LogP contribution in [-0.4, -0.2) is 40.7 Å². The van der Waals surface area contributed by atoms with Gasteiger partial charge in [0.15, 0.2) is 5.78 Å². The first-order valence-electron chi connectivity index (χ1n) is 11.4. The SMILES string of the molecule is CC(=O)CCc1ccc2c(C(=O)CN3CCCCC3)c(C)n(-c3ccc(C#N)cc3)c2c1. The van der Waals surface area contributed by atoms with Crippen molar-refractivity contribution < 1.29 is 9.59 Å². The normalized spacial score (nSPS) is 14.4. The Morgan fingerprint density at radius 2 is 1.75 bits per heavy atom. The highest BCUT2D eigenvalue weighted by Gasteiger charge is 2.23. The molecule has 0 N–H and O–H groups in total. The smallest absolute Gasteiger partial charge is 0.179 e. The molecule has 1 aliphatic rings. The van der Waals surface area contributed by atoms with Gasteiger partial charge in [0.2, 0.25) is 0 Å². The van der Waals surface area contributed by atoms with Gasteiger partial charge >= 0.3 is 0 Å². The summed E-state index contributed by atoms with van der Waals surface area (Å²) >= 11 is 0. The van der Waals surface area contributed by atoms with Crippen molar-refractivity contribution >= 4 is 22.5 Å². The Morgan fingerprint density at radius 3 is 2.41 bits per heavy atom. The Labute approximate surface area is 189 Å². The van der Waals surface area contributed by atoms with E-state index in [-0.39, 0.29) is 11.6 Å². The van der Waals surface area contributed by atoms with Crippen molar-refractivity contribution in [3.8, 4) is 11.8 Å². The van der Waals surface area contributed by atoms with Gasteiger partial charge in [-0.3, -0.25) is 9.69 Å².